The number of carbonyl (C=O) groups excluding carboxylic acids is 2. The van der Waals surface area contributed by atoms with Crippen molar-refractivity contribution in [3.63, 3.8) is 0 Å². The van der Waals surface area contributed by atoms with Crippen LogP contribution in [-0.2, 0) is 16.0 Å². The zero-order chi connectivity index (χ0) is 18.2. The van der Waals surface area contributed by atoms with Gasteiger partial charge in [0.2, 0.25) is 11.8 Å². The second-order valence-corrected chi connectivity index (χ2v) is 6.73. The van der Waals surface area contributed by atoms with Crippen molar-refractivity contribution in [3.05, 3.63) is 35.6 Å². The molecule has 5 nitrogen and oxygen atoms in total. The van der Waals surface area contributed by atoms with Crippen molar-refractivity contribution in [1.82, 2.24) is 10.2 Å². The summed E-state index contributed by atoms with van der Waals surface area (Å²) in [5.41, 5.74) is 6.05. The van der Waals surface area contributed by atoms with Crippen molar-refractivity contribution < 1.29 is 14.0 Å². The van der Waals surface area contributed by atoms with Crippen molar-refractivity contribution in [1.29, 1.82) is 0 Å². The first-order chi connectivity index (χ1) is 12.0. The molecule has 2 rings (SSSR count). The Hall–Kier alpha value is -1.95. The van der Waals surface area contributed by atoms with Crippen LogP contribution in [0, 0.1) is 17.7 Å². The molecule has 0 aliphatic carbocycles. The van der Waals surface area contributed by atoms with Crippen molar-refractivity contribution in [3.8, 4) is 0 Å². The lowest BCUT2D eigenvalue weighted by molar-refractivity contribution is -0.139. The van der Waals surface area contributed by atoms with Crippen molar-refractivity contribution in [2.24, 2.45) is 17.6 Å². The van der Waals surface area contributed by atoms with Crippen LogP contribution in [-0.4, -0.2) is 42.9 Å². The van der Waals surface area contributed by atoms with E-state index in [4.69, 9.17) is 5.73 Å². The van der Waals surface area contributed by atoms with Gasteiger partial charge in [0.05, 0.1) is 5.92 Å². The number of hydrogen-bond donors (Lipinski definition) is 2. The van der Waals surface area contributed by atoms with Gasteiger partial charge >= 0.3 is 0 Å². The molecule has 0 saturated carbocycles. The van der Waals surface area contributed by atoms with E-state index < -0.39 is 0 Å². The summed E-state index contributed by atoms with van der Waals surface area (Å²) in [5, 5.41) is 2.80. The molecule has 0 bridgehead atoms. The quantitative estimate of drug-likeness (QED) is 0.787. The first kappa shape index (κ1) is 19.4. The van der Waals surface area contributed by atoms with E-state index in [1.165, 1.54) is 6.07 Å². The van der Waals surface area contributed by atoms with E-state index in [-0.39, 0.29) is 29.5 Å². The predicted octanol–water partition coefficient (Wildman–Crippen LogP) is 1.71. The predicted molar refractivity (Wildman–Crippen MR) is 95.3 cm³/mol. The number of rotatable bonds is 7. The number of benzene rings is 1. The number of likely N-dealkylation sites (tertiary alicyclic amines) is 1. The topological polar surface area (TPSA) is 75.4 Å². The van der Waals surface area contributed by atoms with E-state index in [1.54, 1.807) is 23.1 Å². The molecule has 1 aliphatic heterocycles. The molecule has 6 heteroatoms. The molecule has 2 unspecified atom stereocenters. The third-order valence-corrected chi connectivity index (χ3v) is 4.77. The van der Waals surface area contributed by atoms with Gasteiger partial charge in [0.1, 0.15) is 5.82 Å². The van der Waals surface area contributed by atoms with Crippen LogP contribution in [0.15, 0.2) is 24.3 Å². The van der Waals surface area contributed by atoms with Gasteiger partial charge in [-0.2, -0.15) is 0 Å². The second-order valence-electron chi connectivity index (χ2n) is 6.73. The largest absolute Gasteiger partial charge is 0.355 e. The molecule has 138 valence electrons. The minimum absolute atomic E-state index is 0.0260. The van der Waals surface area contributed by atoms with Crippen LogP contribution in [0.25, 0.3) is 0 Å². The summed E-state index contributed by atoms with van der Waals surface area (Å²) < 4.78 is 13.7. The molecule has 1 aliphatic rings. The monoisotopic (exact) mass is 349 g/mol. The highest BCUT2D eigenvalue weighted by atomic mass is 19.1. The smallest absolute Gasteiger partial charge is 0.225 e. The van der Waals surface area contributed by atoms with E-state index >= 15 is 0 Å². The van der Waals surface area contributed by atoms with Crippen LogP contribution in [0.5, 0.6) is 0 Å². The number of hydrogen-bond acceptors (Lipinski definition) is 3. The third kappa shape index (κ3) is 5.53. The molecule has 0 spiro atoms. The Morgan fingerprint density at radius 1 is 1.40 bits per heavy atom. The highest BCUT2D eigenvalue weighted by molar-refractivity contribution is 5.82. The summed E-state index contributed by atoms with van der Waals surface area (Å²) in [4.78, 5) is 26.5. The minimum atomic E-state index is -0.225. The second kappa shape index (κ2) is 9.51. The maximum atomic E-state index is 13.7. The Bertz CT molecular complexity index is 594. The van der Waals surface area contributed by atoms with E-state index in [0.29, 0.717) is 44.6 Å². The van der Waals surface area contributed by atoms with Crippen molar-refractivity contribution >= 4 is 11.8 Å². The van der Waals surface area contributed by atoms with E-state index in [0.717, 1.165) is 12.8 Å². The average molecular weight is 349 g/mol. The normalized spacial score (nSPS) is 18.7. The molecule has 2 amide bonds. The molecule has 1 saturated heterocycles. The van der Waals surface area contributed by atoms with Gasteiger partial charge in [-0.3, -0.25) is 9.59 Å². The number of aryl methyl sites for hydroxylation is 1. The summed E-state index contributed by atoms with van der Waals surface area (Å²) in [7, 11) is 0. The number of nitrogens with two attached hydrogens (primary N) is 1. The van der Waals surface area contributed by atoms with Crippen molar-refractivity contribution in [2.45, 2.75) is 32.6 Å². The lowest BCUT2D eigenvalue weighted by atomic mass is 9.94. The van der Waals surface area contributed by atoms with Gasteiger partial charge in [-0.05, 0) is 37.3 Å². The fourth-order valence-corrected chi connectivity index (χ4v) is 3.24. The molecular weight excluding hydrogens is 321 g/mol. The number of amides is 2. The summed E-state index contributed by atoms with van der Waals surface area (Å²) in [6, 6.07) is 6.67. The molecule has 1 aromatic rings. The standard InChI is InChI=1S/C19H28FN3O2/c1-14(8-9-15-5-2-3-7-17(15)20)19(25)23-12-4-6-16(13-23)18(24)22-11-10-21/h2-3,5,7,14,16H,4,6,8-13,21H2,1H3,(H,22,24). The zero-order valence-electron chi connectivity index (χ0n) is 14.8. The molecule has 1 aromatic carbocycles. The molecule has 2 atom stereocenters. The van der Waals surface area contributed by atoms with Crippen LogP contribution < -0.4 is 11.1 Å². The molecule has 0 aromatic heterocycles. The molecule has 3 N–H and O–H groups in total. The first-order valence-corrected chi connectivity index (χ1v) is 9.03. The summed E-state index contributed by atoms with van der Waals surface area (Å²) >= 11 is 0. The fraction of sp³-hybridized carbons (Fsp3) is 0.579. The number of nitrogens with zero attached hydrogens (tertiary/aromatic N) is 1. The lowest BCUT2D eigenvalue weighted by Crippen LogP contribution is -2.47. The maximum absolute atomic E-state index is 13.7. The Balaban J connectivity index is 1.86. The highest BCUT2D eigenvalue weighted by Crippen LogP contribution is 2.21. The van der Waals surface area contributed by atoms with Gasteiger partial charge < -0.3 is 16.0 Å². The van der Waals surface area contributed by atoms with Crippen LogP contribution >= 0.6 is 0 Å². The van der Waals surface area contributed by atoms with Gasteiger partial charge in [-0.1, -0.05) is 25.1 Å². The minimum Gasteiger partial charge on any atom is -0.355 e. The van der Waals surface area contributed by atoms with Gasteiger partial charge in [0.25, 0.3) is 0 Å². The maximum Gasteiger partial charge on any atom is 0.225 e. The Kier molecular flexibility index (Phi) is 7.37. The number of nitrogens with one attached hydrogen (secondary N) is 1. The van der Waals surface area contributed by atoms with Crippen LogP contribution in [0.4, 0.5) is 4.39 Å². The molecule has 0 radical (unpaired) electrons. The van der Waals surface area contributed by atoms with Crippen molar-refractivity contribution in [2.75, 3.05) is 26.2 Å². The van der Waals surface area contributed by atoms with Gasteiger partial charge in [-0.15, -0.1) is 0 Å². The summed E-state index contributed by atoms with van der Waals surface area (Å²) in [5.74, 6) is -0.556. The first-order valence-electron chi connectivity index (χ1n) is 9.03. The van der Waals surface area contributed by atoms with Crippen LogP contribution in [0.1, 0.15) is 31.7 Å². The average Bonchev–Trinajstić information content (AvgIpc) is 2.64. The van der Waals surface area contributed by atoms with E-state index in [1.807, 2.05) is 6.92 Å². The molecule has 1 heterocycles. The summed E-state index contributed by atoms with van der Waals surface area (Å²) in [6.45, 7) is 3.89. The highest BCUT2D eigenvalue weighted by Gasteiger charge is 2.30. The third-order valence-electron chi connectivity index (χ3n) is 4.77. The Labute approximate surface area is 148 Å². The number of piperidine rings is 1. The van der Waals surface area contributed by atoms with Gasteiger partial charge in [0.15, 0.2) is 0 Å². The Morgan fingerprint density at radius 2 is 2.16 bits per heavy atom. The zero-order valence-corrected chi connectivity index (χ0v) is 14.8. The fourth-order valence-electron chi connectivity index (χ4n) is 3.24. The number of halogens is 1. The SMILES string of the molecule is CC(CCc1ccccc1F)C(=O)N1CCCC(C(=O)NCCN)C1. The van der Waals surface area contributed by atoms with E-state index in [2.05, 4.69) is 5.32 Å². The summed E-state index contributed by atoms with van der Waals surface area (Å²) in [6.07, 6.45) is 2.75. The number of carbonyl (C=O) groups is 2. The van der Waals surface area contributed by atoms with Gasteiger partial charge in [0, 0.05) is 32.1 Å². The lowest BCUT2D eigenvalue weighted by Gasteiger charge is -2.33. The van der Waals surface area contributed by atoms with Crippen LogP contribution in [0.3, 0.4) is 0 Å². The molecular formula is C19H28FN3O2. The van der Waals surface area contributed by atoms with E-state index in [9.17, 15) is 14.0 Å². The Morgan fingerprint density at radius 3 is 2.88 bits per heavy atom. The van der Waals surface area contributed by atoms with Crippen LogP contribution in [0.2, 0.25) is 0 Å². The molecule has 1 fully saturated rings. The molecule has 25 heavy (non-hydrogen) atoms. The van der Waals surface area contributed by atoms with Gasteiger partial charge in [-0.25, -0.2) is 4.39 Å².